The lowest BCUT2D eigenvalue weighted by Crippen LogP contribution is -2.44. The molecular formula is C27H32N6O5S. The number of carbonyl (C=O) groups is 3. The molecule has 1 aliphatic heterocycles. The van der Waals surface area contributed by atoms with Gasteiger partial charge in [0.2, 0.25) is 5.91 Å². The van der Waals surface area contributed by atoms with E-state index in [1.165, 1.54) is 40.1 Å². The number of aliphatic carboxylic acids is 1. The topological polar surface area (TPSA) is 137 Å². The number of carboxylic acids is 1. The van der Waals surface area contributed by atoms with Crippen molar-refractivity contribution >= 4 is 51.8 Å². The van der Waals surface area contributed by atoms with Crippen LogP contribution < -0.4 is 15.8 Å². The number of rotatable bonds is 6. The van der Waals surface area contributed by atoms with Crippen molar-refractivity contribution < 1.29 is 19.5 Å². The number of nitrogens with zero attached hydrogens (tertiary/aromatic N) is 5. The first-order valence-electron chi connectivity index (χ1n) is 12.6. The number of hydrogen-bond donors (Lipinski definition) is 2. The van der Waals surface area contributed by atoms with Crippen LogP contribution in [0, 0.1) is 5.92 Å². The fourth-order valence-electron chi connectivity index (χ4n) is 4.40. The van der Waals surface area contributed by atoms with E-state index in [1.54, 1.807) is 19.0 Å². The molecule has 1 aliphatic rings. The summed E-state index contributed by atoms with van der Waals surface area (Å²) in [6, 6.07) is 3.01. The van der Waals surface area contributed by atoms with Crippen molar-refractivity contribution in [2.45, 2.75) is 39.0 Å². The van der Waals surface area contributed by atoms with E-state index < -0.39 is 17.4 Å². The van der Waals surface area contributed by atoms with E-state index in [2.05, 4.69) is 15.3 Å². The third-order valence-corrected chi connectivity index (χ3v) is 7.26. The van der Waals surface area contributed by atoms with Crippen molar-refractivity contribution in [3.8, 4) is 0 Å². The van der Waals surface area contributed by atoms with Gasteiger partial charge in [0.05, 0.1) is 17.2 Å². The number of carbonyl (C=O) groups excluding carboxylic acids is 2. The lowest BCUT2D eigenvalue weighted by Gasteiger charge is -2.34. The minimum atomic E-state index is -1.20. The quantitative estimate of drug-likeness (QED) is 0.445. The second-order valence-electron chi connectivity index (χ2n) is 10.7. The summed E-state index contributed by atoms with van der Waals surface area (Å²) in [5.41, 5.74) is 0.854. The van der Waals surface area contributed by atoms with Crippen LogP contribution in [0.1, 0.15) is 55.2 Å². The standard InChI is InChI=1S/C27H32N6O5S/c1-27(2,3)19-15-39-26(28-19)30-23(36)16-10-12-33-20(13-16)29-22(18(25(33)38)8-9-21(34)35)32-11-6-7-17(14-32)24(37)31(4)5/h8-10,12-13,15,17H,6-7,11,14H2,1-5H3,(H,34,35)(H,28,30,36). The molecular weight excluding hydrogens is 520 g/mol. The molecule has 4 rings (SSSR count). The average Bonchev–Trinajstić information content (AvgIpc) is 3.36. The monoisotopic (exact) mass is 552 g/mol. The average molecular weight is 553 g/mol. The molecule has 4 heterocycles. The summed E-state index contributed by atoms with van der Waals surface area (Å²) in [4.78, 5) is 63.0. The highest BCUT2D eigenvalue weighted by Gasteiger charge is 2.29. The smallest absolute Gasteiger partial charge is 0.328 e. The van der Waals surface area contributed by atoms with E-state index in [0.29, 0.717) is 31.1 Å². The Balaban J connectivity index is 1.73. The molecule has 3 aromatic heterocycles. The molecule has 0 saturated carbocycles. The SMILES string of the molecule is CN(C)C(=O)C1CCCN(c2nc3cc(C(=O)Nc4nc(C(C)(C)C)cs4)ccn3c(=O)c2C=CC(=O)O)C1. The zero-order chi connectivity index (χ0) is 28.5. The Morgan fingerprint density at radius 2 is 1.97 bits per heavy atom. The van der Waals surface area contributed by atoms with Crippen LogP contribution in [0.4, 0.5) is 10.9 Å². The number of aromatic nitrogens is 3. The third kappa shape index (κ3) is 6.17. The summed E-state index contributed by atoms with van der Waals surface area (Å²) in [7, 11) is 3.40. The first-order chi connectivity index (χ1) is 18.3. The summed E-state index contributed by atoms with van der Waals surface area (Å²) < 4.78 is 1.27. The second-order valence-corrected chi connectivity index (χ2v) is 11.6. The Labute approximate surface area is 229 Å². The molecule has 0 aliphatic carbocycles. The Bertz CT molecular complexity index is 1520. The largest absolute Gasteiger partial charge is 0.478 e. The Morgan fingerprint density at radius 1 is 1.23 bits per heavy atom. The number of carboxylic acid groups (broad SMARTS) is 1. The number of pyridine rings is 1. The van der Waals surface area contributed by atoms with Crippen molar-refractivity contribution in [1.82, 2.24) is 19.3 Å². The molecule has 1 atom stereocenters. The lowest BCUT2D eigenvalue weighted by molar-refractivity contribution is -0.133. The van der Waals surface area contributed by atoms with E-state index in [-0.39, 0.29) is 39.8 Å². The molecule has 1 fully saturated rings. The van der Waals surface area contributed by atoms with Gasteiger partial charge in [0, 0.05) is 55.8 Å². The summed E-state index contributed by atoms with van der Waals surface area (Å²) in [5.74, 6) is -1.61. The Kier molecular flexibility index (Phi) is 7.86. The highest BCUT2D eigenvalue weighted by molar-refractivity contribution is 7.14. The number of thiazole rings is 1. The van der Waals surface area contributed by atoms with Gasteiger partial charge in [0.1, 0.15) is 11.5 Å². The zero-order valence-corrected chi connectivity index (χ0v) is 23.4. The summed E-state index contributed by atoms with van der Waals surface area (Å²) in [5, 5.41) is 14.4. The molecule has 12 heteroatoms. The number of hydrogen-bond acceptors (Lipinski definition) is 8. The first kappa shape index (κ1) is 28.0. The van der Waals surface area contributed by atoms with E-state index in [0.717, 1.165) is 11.8 Å². The van der Waals surface area contributed by atoms with Crippen LogP contribution in [0.2, 0.25) is 0 Å². The van der Waals surface area contributed by atoms with Gasteiger partial charge in [-0.15, -0.1) is 11.3 Å². The van der Waals surface area contributed by atoms with E-state index >= 15 is 0 Å². The van der Waals surface area contributed by atoms with E-state index in [4.69, 9.17) is 0 Å². The van der Waals surface area contributed by atoms with Gasteiger partial charge in [-0.1, -0.05) is 20.8 Å². The van der Waals surface area contributed by atoms with Gasteiger partial charge < -0.3 is 14.9 Å². The number of amides is 2. The van der Waals surface area contributed by atoms with E-state index in [1.807, 2.05) is 31.1 Å². The predicted molar refractivity (Wildman–Crippen MR) is 151 cm³/mol. The molecule has 2 N–H and O–H groups in total. The molecule has 0 bridgehead atoms. The molecule has 206 valence electrons. The molecule has 1 saturated heterocycles. The van der Waals surface area contributed by atoms with Crippen molar-refractivity contribution in [2.24, 2.45) is 5.92 Å². The molecule has 0 spiro atoms. The van der Waals surface area contributed by atoms with Crippen LogP contribution in [0.15, 0.2) is 34.6 Å². The fourth-order valence-corrected chi connectivity index (χ4v) is 5.34. The summed E-state index contributed by atoms with van der Waals surface area (Å²) in [6.45, 7) is 7.01. The maximum Gasteiger partial charge on any atom is 0.328 e. The molecule has 3 aromatic rings. The van der Waals surface area contributed by atoms with Crippen molar-refractivity contribution in [3.05, 3.63) is 57.0 Å². The second kappa shape index (κ2) is 11.0. The molecule has 0 aromatic carbocycles. The fraction of sp³-hybridized carbons (Fsp3) is 0.407. The minimum Gasteiger partial charge on any atom is -0.478 e. The van der Waals surface area contributed by atoms with Crippen LogP contribution in [0.25, 0.3) is 11.7 Å². The minimum absolute atomic E-state index is 0.0180. The number of anilines is 2. The Hall–Kier alpha value is -4.06. The van der Waals surface area contributed by atoms with Crippen LogP contribution in [0.5, 0.6) is 0 Å². The van der Waals surface area contributed by atoms with Crippen LogP contribution in [-0.2, 0) is 15.0 Å². The molecule has 1 unspecified atom stereocenters. The lowest BCUT2D eigenvalue weighted by atomic mass is 9.93. The van der Waals surface area contributed by atoms with Gasteiger partial charge in [0.15, 0.2) is 5.13 Å². The Morgan fingerprint density at radius 3 is 2.62 bits per heavy atom. The molecule has 39 heavy (non-hydrogen) atoms. The van der Waals surface area contributed by atoms with Crippen molar-refractivity contribution in [3.63, 3.8) is 0 Å². The predicted octanol–water partition coefficient (Wildman–Crippen LogP) is 3.10. The first-order valence-corrected chi connectivity index (χ1v) is 13.4. The van der Waals surface area contributed by atoms with Crippen molar-refractivity contribution in [1.29, 1.82) is 0 Å². The molecule has 2 amide bonds. The number of fused-ring (bicyclic) bond motifs is 1. The zero-order valence-electron chi connectivity index (χ0n) is 22.6. The van der Waals surface area contributed by atoms with Crippen LogP contribution in [-0.4, -0.2) is 69.3 Å². The van der Waals surface area contributed by atoms with Crippen molar-refractivity contribution in [2.75, 3.05) is 37.4 Å². The van der Waals surface area contributed by atoms with Gasteiger partial charge in [-0.2, -0.15) is 0 Å². The van der Waals surface area contributed by atoms with Crippen LogP contribution in [0.3, 0.4) is 0 Å². The molecule has 0 radical (unpaired) electrons. The van der Waals surface area contributed by atoms with Gasteiger partial charge in [0.25, 0.3) is 11.5 Å². The normalized spacial score (nSPS) is 16.0. The summed E-state index contributed by atoms with van der Waals surface area (Å²) in [6.07, 6.45) is 4.98. The third-order valence-electron chi connectivity index (χ3n) is 6.50. The number of piperidine rings is 1. The van der Waals surface area contributed by atoms with Gasteiger partial charge in [-0.05, 0) is 31.1 Å². The summed E-state index contributed by atoms with van der Waals surface area (Å²) >= 11 is 1.33. The van der Waals surface area contributed by atoms with Crippen LogP contribution >= 0.6 is 11.3 Å². The number of nitrogens with one attached hydrogen (secondary N) is 1. The highest BCUT2D eigenvalue weighted by atomic mass is 32.1. The van der Waals surface area contributed by atoms with Gasteiger partial charge in [-0.3, -0.25) is 24.1 Å². The maximum atomic E-state index is 13.5. The van der Waals surface area contributed by atoms with E-state index in [9.17, 15) is 24.3 Å². The van der Waals surface area contributed by atoms with Gasteiger partial charge in [-0.25, -0.2) is 14.8 Å². The maximum absolute atomic E-state index is 13.5. The molecule has 11 nitrogen and oxygen atoms in total. The highest BCUT2D eigenvalue weighted by Crippen LogP contribution is 2.28. The van der Waals surface area contributed by atoms with Gasteiger partial charge >= 0.3 is 5.97 Å².